The lowest BCUT2D eigenvalue weighted by Crippen LogP contribution is -2.05. The average molecular weight is 295 g/mol. The first-order chi connectivity index (χ1) is 9.91. The van der Waals surface area contributed by atoms with Crippen molar-refractivity contribution >= 4 is 0 Å². The second-order valence-electron chi connectivity index (χ2n) is 4.20. The maximum atomic E-state index is 13.8. The highest BCUT2D eigenvalue weighted by Gasteiger charge is 2.30. The van der Waals surface area contributed by atoms with Gasteiger partial charge in [0.25, 0.3) is 0 Å². The molecule has 0 unspecified atom stereocenters. The van der Waals surface area contributed by atoms with Crippen LogP contribution in [0.4, 0.5) is 17.6 Å². The van der Waals surface area contributed by atoms with Crippen LogP contribution in [-0.2, 0) is 12.8 Å². The van der Waals surface area contributed by atoms with Crippen molar-refractivity contribution in [2.24, 2.45) is 0 Å². The molecule has 0 spiro atoms. The lowest BCUT2D eigenvalue weighted by atomic mass is 10.1. The Balaban J connectivity index is 2.16. The van der Waals surface area contributed by atoms with Crippen LogP contribution in [0.5, 0.6) is 5.75 Å². The number of ether oxygens (including phenoxy) is 1. The Morgan fingerprint density at radius 2 is 1.81 bits per heavy atom. The first-order valence-electron chi connectivity index (χ1n) is 5.89. The van der Waals surface area contributed by atoms with Gasteiger partial charge < -0.3 is 4.74 Å². The third kappa shape index (κ3) is 3.51. The zero-order valence-corrected chi connectivity index (χ0v) is 10.6. The number of nitrogens with zero attached hydrogens (tertiary/aromatic N) is 1. The summed E-state index contributed by atoms with van der Waals surface area (Å²) in [6.07, 6.45) is -4.47. The minimum atomic E-state index is -4.47. The number of alkyl halides is 3. The Labute approximate surface area is 118 Å². The molecule has 0 saturated heterocycles. The van der Waals surface area contributed by atoms with E-state index in [9.17, 15) is 17.6 Å². The standard InChI is InChI=1S/C15H9F4NO/c16-14-10(8-20)3-1-4-11(14)9-21-13-6-2-5-12(7-13)15(17,18)19/h1-7H,9H2. The summed E-state index contributed by atoms with van der Waals surface area (Å²) in [6.45, 7) is -0.261. The Hall–Kier alpha value is -2.55. The number of nitriles is 1. The SMILES string of the molecule is N#Cc1cccc(COc2cccc(C(F)(F)F)c2)c1F. The summed E-state index contributed by atoms with van der Waals surface area (Å²) in [5.74, 6) is -0.751. The highest BCUT2D eigenvalue weighted by atomic mass is 19.4. The molecule has 21 heavy (non-hydrogen) atoms. The predicted octanol–water partition coefficient (Wildman–Crippen LogP) is 4.30. The van der Waals surface area contributed by atoms with Crippen LogP contribution in [-0.4, -0.2) is 0 Å². The van der Waals surface area contributed by atoms with Gasteiger partial charge in [-0.05, 0) is 24.3 Å². The van der Waals surface area contributed by atoms with E-state index < -0.39 is 17.6 Å². The zero-order chi connectivity index (χ0) is 15.5. The Morgan fingerprint density at radius 1 is 1.10 bits per heavy atom. The van der Waals surface area contributed by atoms with Gasteiger partial charge >= 0.3 is 6.18 Å². The summed E-state index contributed by atoms with van der Waals surface area (Å²) in [5.41, 5.74) is -0.877. The maximum Gasteiger partial charge on any atom is 0.416 e. The van der Waals surface area contributed by atoms with E-state index in [1.54, 1.807) is 6.07 Å². The molecule has 0 heterocycles. The van der Waals surface area contributed by atoms with Crippen LogP contribution in [0.2, 0.25) is 0 Å². The molecule has 0 amide bonds. The first kappa shape index (κ1) is 14.9. The molecule has 0 saturated carbocycles. The third-order valence-electron chi connectivity index (χ3n) is 2.75. The van der Waals surface area contributed by atoms with Crippen molar-refractivity contribution in [2.75, 3.05) is 0 Å². The average Bonchev–Trinajstić information content (AvgIpc) is 2.45. The first-order valence-corrected chi connectivity index (χ1v) is 5.89. The van der Waals surface area contributed by atoms with Crippen molar-refractivity contribution < 1.29 is 22.3 Å². The largest absolute Gasteiger partial charge is 0.489 e. The van der Waals surface area contributed by atoms with Gasteiger partial charge in [-0.2, -0.15) is 18.4 Å². The van der Waals surface area contributed by atoms with Crippen LogP contribution in [0, 0.1) is 17.1 Å². The number of rotatable bonds is 3. The van der Waals surface area contributed by atoms with Crippen molar-refractivity contribution in [1.82, 2.24) is 0 Å². The lowest BCUT2D eigenvalue weighted by Gasteiger charge is -2.11. The molecule has 2 rings (SSSR count). The molecule has 0 bridgehead atoms. The lowest BCUT2D eigenvalue weighted by molar-refractivity contribution is -0.137. The Morgan fingerprint density at radius 3 is 2.48 bits per heavy atom. The van der Waals surface area contributed by atoms with E-state index >= 15 is 0 Å². The molecule has 0 radical (unpaired) electrons. The highest BCUT2D eigenvalue weighted by Crippen LogP contribution is 2.31. The second kappa shape index (κ2) is 5.83. The summed E-state index contributed by atoms with van der Waals surface area (Å²) in [7, 11) is 0. The van der Waals surface area contributed by atoms with Crippen molar-refractivity contribution in [2.45, 2.75) is 12.8 Å². The van der Waals surface area contributed by atoms with E-state index in [1.165, 1.54) is 30.3 Å². The van der Waals surface area contributed by atoms with Crippen LogP contribution in [0.25, 0.3) is 0 Å². The summed E-state index contributed by atoms with van der Waals surface area (Å²) in [4.78, 5) is 0. The van der Waals surface area contributed by atoms with Crippen molar-refractivity contribution in [3.05, 3.63) is 65.0 Å². The molecule has 108 valence electrons. The van der Waals surface area contributed by atoms with Gasteiger partial charge in [0.05, 0.1) is 11.1 Å². The molecule has 0 fully saturated rings. The van der Waals surface area contributed by atoms with Crippen LogP contribution in [0.1, 0.15) is 16.7 Å². The van der Waals surface area contributed by atoms with Crippen molar-refractivity contribution in [3.63, 3.8) is 0 Å². The molecule has 0 aromatic heterocycles. The molecule has 0 N–H and O–H groups in total. The van der Waals surface area contributed by atoms with Gasteiger partial charge in [-0.1, -0.05) is 18.2 Å². The quantitative estimate of drug-likeness (QED) is 0.791. The molecule has 0 aliphatic heterocycles. The Bertz CT molecular complexity index is 689. The number of hydrogen-bond donors (Lipinski definition) is 0. The van der Waals surface area contributed by atoms with E-state index in [0.29, 0.717) is 0 Å². The maximum absolute atomic E-state index is 13.8. The molecule has 2 aromatic rings. The van der Waals surface area contributed by atoms with Gasteiger partial charge in [-0.15, -0.1) is 0 Å². The molecular formula is C15H9F4NO. The molecule has 2 aromatic carbocycles. The predicted molar refractivity (Wildman–Crippen MR) is 66.9 cm³/mol. The van der Waals surface area contributed by atoms with E-state index in [1.807, 2.05) is 0 Å². The normalized spacial score (nSPS) is 11.0. The molecule has 2 nitrogen and oxygen atoms in total. The summed E-state index contributed by atoms with van der Waals surface area (Å²) in [5, 5.41) is 8.70. The fraction of sp³-hybridized carbons (Fsp3) is 0.133. The monoisotopic (exact) mass is 295 g/mol. The molecular weight excluding hydrogens is 286 g/mol. The van der Waals surface area contributed by atoms with Crippen molar-refractivity contribution in [3.8, 4) is 11.8 Å². The fourth-order valence-electron chi connectivity index (χ4n) is 1.70. The van der Waals surface area contributed by atoms with E-state index in [-0.39, 0.29) is 23.5 Å². The van der Waals surface area contributed by atoms with Gasteiger partial charge in [0.15, 0.2) is 0 Å². The second-order valence-corrected chi connectivity index (χ2v) is 4.20. The molecule has 6 heteroatoms. The topological polar surface area (TPSA) is 33.0 Å². The molecule has 0 aliphatic carbocycles. The van der Waals surface area contributed by atoms with Crippen LogP contribution < -0.4 is 4.74 Å². The van der Waals surface area contributed by atoms with Gasteiger partial charge in [-0.25, -0.2) is 4.39 Å². The smallest absolute Gasteiger partial charge is 0.416 e. The minimum absolute atomic E-state index is 0.0217. The molecule has 0 aliphatic rings. The zero-order valence-electron chi connectivity index (χ0n) is 10.6. The van der Waals surface area contributed by atoms with Gasteiger partial charge in [0, 0.05) is 5.56 Å². The Kier molecular flexibility index (Phi) is 4.13. The number of halogens is 4. The molecule has 0 atom stereocenters. The summed E-state index contributed by atoms with van der Waals surface area (Å²) >= 11 is 0. The highest BCUT2D eigenvalue weighted by molar-refractivity contribution is 5.35. The van der Waals surface area contributed by atoms with Crippen LogP contribution in [0.3, 0.4) is 0 Å². The van der Waals surface area contributed by atoms with Gasteiger partial charge in [-0.3, -0.25) is 0 Å². The van der Waals surface area contributed by atoms with Gasteiger partial charge in [0.2, 0.25) is 0 Å². The summed E-state index contributed by atoms with van der Waals surface area (Å²) < 4.78 is 56.5. The van der Waals surface area contributed by atoms with Crippen LogP contribution in [0.15, 0.2) is 42.5 Å². The van der Waals surface area contributed by atoms with E-state index in [2.05, 4.69) is 0 Å². The van der Waals surface area contributed by atoms with Crippen molar-refractivity contribution in [1.29, 1.82) is 5.26 Å². The number of hydrogen-bond acceptors (Lipinski definition) is 2. The van der Waals surface area contributed by atoms with Crippen LogP contribution >= 0.6 is 0 Å². The fourth-order valence-corrected chi connectivity index (χ4v) is 1.70. The van der Waals surface area contributed by atoms with E-state index in [4.69, 9.17) is 10.00 Å². The third-order valence-corrected chi connectivity index (χ3v) is 2.75. The number of benzene rings is 2. The summed E-state index contributed by atoms with van der Waals surface area (Å²) in [6, 6.07) is 10.2. The minimum Gasteiger partial charge on any atom is -0.489 e. The van der Waals surface area contributed by atoms with E-state index in [0.717, 1.165) is 12.1 Å². The van der Waals surface area contributed by atoms with Gasteiger partial charge in [0.1, 0.15) is 24.2 Å².